The van der Waals surface area contributed by atoms with Crippen molar-refractivity contribution in [3.63, 3.8) is 0 Å². The summed E-state index contributed by atoms with van der Waals surface area (Å²) in [5.74, 6) is 2.41. The highest BCUT2D eigenvalue weighted by atomic mass is 32.1. The number of hydrogen-bond acceptors (Lipinski definition) is 6. The molecule has 0 aliphatic rings. The molecule has 3 heterocycles. The van der Waals surface area contributed by atoms with E-state index in [1.54, 1.807) is 11.3 Å². The maximum atomic E-state index is 6.61. The highest BCUT2D eigenvalue weighted by Gasteiger charge is 2.20. The number of oxazole rings is 1. The molecule has 290 valence electrons. The minimum atomic E-state index is 0.595. The summed E-state index contributed by atoms with van der Waals surface area (Å²) in [6, 6.07) is 71.7. The molecule has 6 heteroatoms. The summed E-state index contributed by atoms with van der Waals surface area (Å²) in [4.78, 5) is 20.7. The minimum absolute atomic E-state index is 0.595. The van der Waals surface area contributed by atoms with Crippen LogP contribution in [-0.4, -0.2) is 19.9 Å². The maximum Gasteiger partial charge on any atom is 0.227 e. The summed E-state index contributed by atoms with van der Waals surface area (Å²) in [6.07, 6.45) is 0. The third kappa shape index (κ3) is 6.42. The first-order chi connectivity index (χ1) is 30.7. The van der Waals surface area contributed by atoms with Crippen LogP contribution in [0.5, 0.6) is 0 Å². The van der Waals surface area contributed by atoms with Crippen LogP contribution < -0.4 is 0 Å². The van der Waals surface area contributed by atoms with Gasteiger partial charge >= 0.3 is 0 Å². The Bertz CT molecular complexity index is 3550. The molecule has 0 bridgehead atoms. The lowest BCUT2D eigenvalue weighted by Gasteiger charge is -2.13. The van der Waals surface area contributed by atoms with E-state index in [2.05, 4.69) is 158 Å². The van der Waals surface area contributed by atoms with E-state index in [1.165, 1.54) is 4.70 Å². The van der Waals surface area contributed by atoms with Gasteiger partial charge in [-0.05, 0) is 98.8 Å². The molecular formula is C56H34N4OS. The monoisotopic (exact) mass is 810 g/mol. The second-order valence-electron chi connectivity index (χ2n) is 15.4. The first-order valence-corrected chi connectivity index (χ1v) is 21.4. The molecule has 0 saturated carbocycles. The van der Waals surface area contributed by atoms with Gasteiger partial charge in [-0.15, -0.1) is 11.3 Å². The molecule has 0 aliphatic heterocycles. The summed E-state index contributed by atoms with van der Waals surface area (Å²) >= 11 is 1.77. The molecule has 12 aromatic rings. The van der Waals surface area contributed by atoms with E-state index in [1.807, 2.05) is 48.5 Å². The van der Waals surface area contributed by atoms with E-state index in [9.17, 15) is 0 Å². The molecule has 62 heavy (non-hydrogen) atoms. The van der Waals surface area contributed by atoms with E-state index in [4.69, 9.17) is 24.4 Å². The highest BCUT2D eigenvalue weighted by molar-refractivity contribution is 7.26. The van der Waals surface area contributed by atoms with Gasteiger partial charge in [-0.3, -0.25) is 0 Å². The van der Waals surface area contributed by atoms with Gasteiger partial charge in [0, 0.05) is 42.4 Å². The van der Waals surface area contributed by atoms with Gasteiger partial charge in [-0.1, -0.05) is 152 Å². The fraction of sp³-hybridized carbons (Fsp3) is 0. The molecule has 0 aliphatic carbocycles. The van der Waals surface area contributed by atoms with Crippen molar-refractivity contribution in [2.75, 3.05) is 0 Å². The van der Waals surface area contributed by atoms with Crippen LogP contribution >= 0.6 is 11.3 Å². The number of nitrogens with zero attached hydrogens (tertiary/aromatic N) is 4. The zero-order chi connectivity index (χ0) is 41.0. The second kappa shape index (κ2) is 14.9. The van der Waals surface area contributed by atoms with Crippen molar-refractivity contribution in [2.45, 2.75) is 0 Å². The third-order valence-electron chi connectivity index (χ3n) is 11.5. The van der Waals surface area contributed by atoms with Crippen LogP contribution in [0.3, 0.4) is 0 Å². The van der Waals surface area contributed by atoms with Crippen molar-refractivity contribution >= 4 is 53.4 Å². The highest BCUT2D eigenvalue weighted by Crippen LogP contribution is 2.44. The van der Waals surface area contributed by atoms with Gasteiger partial charge < -0.3 is 4.42 Å². The Balaban J connectivity index is 1.07. The van der Waals surface area contributed by atoms with Crippen molar-refractivity contribution in [3.8, 4) is 79.0 Å². The Hall–Kier alpha value is -8.06. The summed E-state index contributed by atoms with van der Waals surface area (Å²) in [6.45, 7) is 0. The van der Waals surface area contributed by atoms with E-state index in [0.29, 0.717) is 23.4 Å². The predicted octanol–water partition coefficient (Wildman–Crippen LogP) is 15.2. The van der Waals surface area contributed by atoms with Crippen LogP contribution in [0, 0.1) is 0 Å². The first-order valence-electron chi connectivity index (χ1n) is 20.6. The van der Waals surface area contributed by atoms with Crippen LogP contribution in [0.4, 0.5) is 0 Å². The lowest BCUT2D eigenvalue weighted by Crippen LogP contribution is -2.01. The minimum Gasteiger partial charge on any atom is -0.435 e. The van der Waals surface area contributed by atoms with Crippen LogP contribution in [-0.2, 0) is 0 Å². The Labute approximate surface area is 361 Å². The van der Waals surface area contributed by atoms with Gasteiger partial charge in [0.15, 0.2) is 23.1 Å². The average Bonchev–Trinajstić information content (AvgIpc) is 3.97. The summed E-state index contributed by atoms with van der Waals surface area (Å²) in [5.41, 5.74) is 12.0. The molecule has 12 rings (SSSR count). The molecule has 5 nitrogen and oxygen atoms in total. The van der Waals surface area contributed by atoms with Gasteiger partial charge in [-0.25, -0.2) is 19.9 Å². The van der Waals surface area contributed by atoms with E-state index < -0.39 is 0 Å². The fourth-order valence-electron chi connectivity index (χ4n) is 8.46. The largest absolute Gasteiger partial charge is 0.435 e. The van der Waals surface area contributed by atoms with E-state index in [-0.39, 0.29) is 0 Å². The topological polar surface area (TPSA) is 64.7 Å². The molecule has 0 spiro atoms. The van der Waals surface area contributed by atoms with Gasteiger partial charge in [0.05, 0.1) is 0 Å². The maximum absolute atomic E-state index is 6.61. The molecule has 0 unspecified atom stereocenters. The van der Waals surface area contributed by atoms with Gasteiger partial charge in [0.2, 0.25) is 5.89 Å². The van der Waals surface area contributed by atoms with Crippen molar-refractivity contribution in [1.82, 2.24) is 19.9 Å². The van der Waals surface area contributed by atoms with Crippen LogP contribution in [0.2, 0.25) is 0 Å². The Morgan fingerprint density at radius 1 is 0.323 bits per heavy atom. The molecule has 0 atom stereocenters. The number of benzene rings is 9. The lowest BCUT2D eigenvalue weighted by molar-refractivity contribution is 0.623. The number of fused-ring (bicyclic) bond motifs is 7. The molecule has 0 saturated heterocycles. The summed E-state index contributed by atoms with van der Waals surface area (Å²) in [7, 11) is 0. The van der Waals surface area contributed by atoms with Gasteiger partial charge in [0.25, 0.3) is 0 Å². The Kier molecular flexibility index (Phi) is 8.61. The zero-order valence-corrected chi connectivity index (χ0v) is 34.1. The second-order valence-corrected chi connectivity index (χ2v) is 16.5. The third-order valence-corrected chi connectivity index (χ3v) is 12.7. The van der Waals surface area contributed by atoms with E-state index in [0.717, 1.165) is 93.0 Å². The normalized spacial score (nSPS) is 11.5. The molecule has 0 fully saturated rings. The van der Waals surface area contributed by atoms with Crippen molar-refractivity contribution in [2.24, 2.45) is 0 Å². The SMILES string of the molecule is c1ccc(-c2ccc(-c3nc(-c4cc(-c5ccccc5)cc(-c5ccccc5)c4)nc(-c4ccc5ccc6sc7ccc8nc(-c9ccccc9)oc8c7c6c5c4)n3)cc2)cc1. The standard InChI is InChI=1S/C56H34N4OS/c1-5-13-35(14-6-1)38-21-24-40(25-22-38)53-58-54(60-55(59-53)45-32-43(36-15-7-2-8-16-36)31-44(33-45)37-17-9-3-10-18-37)42-26-23-39-27-29-48-50(46(39)34-42)51-49(62-48)30-28-47-52(51)61-56(57-47)41-19-11-4-12-20-41/h1-34H. The molecular weight excluding hydrogens is 777 g/mol. The lowest BCUT2D eigenvalue weighted by atomic mass is 9.95. The summed E-state index contributed by atoms with van der Waals surface area (Å²) < 4.78 is 8.94. The van der Waals surface area contributed by atoms with E-state index >= 15 is 0 Å². The Morgan fingerprint density at radius 3 is 1.40 bits per heavy atom. The number of aromatic nitrogens is 4. The van der Waals surface area contributed by atoms with Gasteiger partial charge in [-0.2, -0.15) is 0 Å². The quantitative estimate of drug-likeness (QED) is 0.160. The van der Waals surface area contributed by atoms with Crippen molar-refractivity contribution < 1.29 is 4.42 Å². The summed E-state index contributed by atoms with van der Waals surface area (Å²) in [5, 5.41) is 4.43. The van der Waals surface area contributed by atoms with Crippen molar-refractivity contribution in [3.05, 3.63) is 206 Å². The smallest absolute Gasteiger partial charge is 0.227 e. The zero-order valence-electron chi connectivity index (χ0n) is 33.2. The number of rotatable bonds is 7. The average molecular weight is 811 g/mol. The molecule has 9 aromatic carbocycles. The molecule has 3 aromatic heterocycles. The molecule has 0 N–H and O–H groups in total. The Morgan fingerprint density at radius 2 is 0.774 bits per heavy atom. The van der Waals surface area contributed by atoms with Gasteiger partial charge in [0.1, 0.15) is 5.52 Å². The fourth-order valence-corrected chi connectivity index (χ4v) is 9.58. The number of thiophene rings is 1. The van der Waals surface area contributed by atoms with Crippen molar-refractivity contribution in [1.29, 1.82) is 0 Å². The first kappa shape index (κ1) is 35.8. The number of hydrogen-bond donors (Lipinski definition) is 0. The van der Waals surface area contributed by atoms with Crippen LogP contribution in [0.1, 0.15) is 0 Å². The van der Waals surface area contributed by atoms with Crippen LogP contribution in [0.25, 0.3) is 121 Å². The predicted molar refractivity (Wildman–Crippen MR) is 256 cm³/mol. The molecule has 0 radical (unpaired) electrons. The van der Waals surface area contributed by atoms with Crippen LogP contribution in [0.15, 0.2) is 211 Å². The molecule has 0 amide bonds.